The minimum Gasteiger partial charge on any atom is -0.320 e. The van der Waals surface area contributed by atoms with Crippen LogP contribution < -0.4 is 10.0 Å². The zero-order valence-electron chi connectivity index (χ0n) is 10.3. The Kier molecular flexibility index (Phi) is 6.40. The van der Waals surface area contributed by atoms with Crippen molar-refractivity contribution in [3.63, 3.8) is 0 Å². The van der Waals surface area contributed by atoms with Crippen molar-refractivity contribution < 1.29 is 8.42 Å². The molecule has 0 heterocycles. The van der Waals surface area contributed by atoms with Crippen LogP contribution in [0.4, 0.5) is 0 Å². The lowest BCUT2D eigenvalue weighted by Crippen LogP contribution is -2.46. The van der Waals surface area contributed by atoms with Gasteiger partial charge in [0.05, 0.1) is 5.75 Å². The van der Waals surface area contributed by atoms with Crippen molar-refractivity contribution in [3.8, 4) is 0 Å². The molecule has 0 aliphatic carbocycles. The second-order valence-electron chi connectivity index (χ2n) is 4.15. The van der Waals surface area contributed by atoms with Gasteiger partial charge in [-0.15, -0.1) is 0 Å². The molecule has 2 N–H and O–H groups in total. The van der Waals surface area contributed by atoms with E-state index in [0.717, 1.165) is 19.4 Å². The fourth-order valence-corrected chi connectivity index (χ4v) is 2.93. The number of hydrogen-bond acceptors (Lipinski definition) is 3. The Morgan fingerprint density at radius 3 is 2.13 bits per heavy atom. The van der Waals surface area contributed by atoms with Crippen LogP contribution in [0.1, 0.15) is 40.0 Å². The van der Waals surface area contributed by atoms with E-state index in [1.54, 1.807) is 0 Å². The van der Waals surface area contributed by atoms with Crippen LogP contribution in [-0.2, 0) is 10.0 Å². The van der Waals surface area contributed by atoms with Crippen LogP contribution >= 0.6 is 0 Å². The standard InChI is InChI=1S/C10H24N2O2S/c1-5-10(3,6-2)12-15(13,14)9-7-8-11-4/h11-12H,5-9H2,1-4H3. The summed E-state index contributed by atoms with van der Waals surface area (Å²) >= 11 is 0. The van der Waals surface area contributed by atoms with Gasteiger partial charge < -0.3 is 5.32 Å². The molecule has 0 unspecified atom stereocenters. The molecule has 0 saturated carbocycles. The Morgan fingerprint density at radius 2 is 1.73 bits per heavy atom. The SMILES string of the molecule is CCC(C)(CC)NS(=O)(=O)CCCNC. The molecule has 0 aromatic carbocycles. The molecule has 0 aliphatic heterocycles. The highest BCUT2D eigenvalue weighted by atomic mass is 32.2. The molecule has 0 atom stereocenters. The average Bonchev–Trinajstić information content (AvgIpc) is 2.17. The van der Waals surface area contributed by atoms with Crippen molar-refractivity contribution in [2.24, 2.45) is 0 Å². The predicted molar refractivity (Wildman–Crippen MR) is 64.5 cm³/mol. The zero-order chi connectivity index (χ0) is 11.9. The molecule has 0 bridgehead atoms. The molecule has 5 heteroatoms. The first-order chi connectivity index (χ1) is 6.89. The molecule has 15 heavy (non-hydrogen) atoms. The van der Waals surface area contributed by atoms with Gasteiger partial charge in [-0.25, -0.2) is 13.1 Å². The van der Waals surface area contributed by atoms with Crippen LogP contribution in [0, 0.1) is 0 Å². The van der Waals surface area contributed by atoms with Crippen LogP contribution in [0.3, 0.4) is 0 Å². The molecule has 0 aromatic heterocycles. The van der Waals surface area contributed by atoms with Gasteiger partial charge in [0, 0.05) is 5.54 Å². The third-order valence-corrected chi connectivity index (χ3v) is 4.43. The minimum absolute atomic E-state index is 0.198. The second-order valence-corrected chi connectivity index (χ2v) is 5.99. The highest BCUT2D eigenvalue weighted by Crippen LogP contribution is 2.15. The minimum atomic E-state index is -3.13. The molecule has 4 nitrogen and oxygen atoms in total. The van der Waals surface area contributed by atoms with E-state index in [-0.39, 0.29) is 11.3 Å². The van der Waals surface area contributed by atoms with E-state index >= 15 is 0 Å². The fourth-order valence-electron chi connectivity index (χ4n) is 1.26. The normalized spacial score (nSPS) is 13.1. The van der Waals surface area contributed by atoms with Crippen molar-refractivity contribution in [2.45, 2.75) is 45.6 Å². The number of sulfonamides is 1. The van der Waals surface area contributed by atoms with Crippen molar-refractivity contribution >= 4 is 10.0 Å². The smallest absolute Gasteiger partial charge is 0.212 e. The highest BCUT2D eigenvalue weighted by molar-refractivity contribution is 7.89. The Morgan fingerprint density at radius 1 is 1.20 bits per heavy atom. The maximum Gasteiger partial charge on any atom is 0.212 e. The Hall–Kier alpha value is -0.130. The van der Waals surface area contributed by atoms with Crippen molar-refractivity contribution in [1.29, 1.82) is 0 Å². The van der Waals surface area contributed by atoms with Gasteiger partial charge in [-0.2, -0.15) is 0 Å². The van der Waals surface area contributed by atoms with Crippen LogP contribution in [0.5, 0.6) is 0 Å². The van der Waals surface area contributed by atoms with Crippen LogP contribution in [0.15, 0.2) is 0 Å². The maximum absolute atomic E-state index is 11.7. The lowest BCUT2D eigenvalue weighted by atomic mass is 9.98. The first-order valence-corrected chi connectivity index (χ1v) is 7.20. The van der Waals surface area contributed by atoms with Gasteiger partial charge in [0.2, 0.25) is 10.0 Å². The summed E-state index contributed by atoms with van der Waals surface area (Å²) in [6.07, 6.45) is 2.28. The molecule has 92 valence electrons. The summed E-state index contributed by atoms with van der Waals surface area (Å²) in [6, 6.07) is 0. The molecule has 0 radical (unpaired) electrons. The van der Waals surface area contributed by atoms with Crippen LogP contribution in [-0.4, -0.2) is 33.3 Å². The Balaban J connectivity index is 4.24. The molecule has 0 saturated heterocycles. The summed E-state index contributed by atoms with van der Waals surface area (Å²) in [6.45, 7) is 6.68. The van der Waals surface area contributed by atoms with Gasteiger partial charge in [-0.1, -0.05) is 13.8 Å². The first kappa shape index (κ1) is 14.9. The van der Waals surface area contributed by atoms with Gasteiger partial charge in [-0.3, -0.25) is 0 Å². The Labute approximate surface area is 93.9 Å². The lowest BCUT2D eigenvalue weighted by molar-refractivity contribution is 0.388. The molecule has 0 aromatic rings. The summed E-state index contributed by atoms with van der Waals surface area (Å²) in [7, 11) is -1.30. The third kappa shape index (κ3) is 6.12. The third-order valence-electron chi connectivity index (χ3n) is 2.80. The van der Waals surface area contributed by atoms with E-state index < -0.39 is 10.0 Å². The summed E-state index contributed by atoms with van der Waals surface area (Å²) < 4.78 is 26.2. The van der Waals surface area contributed by atoms with Crippen molar-refractivity contribution in [3.05, 3.63) is 0 Å². The molecule has 0 aliphatic rings. The van der Waals surface area contributed by atoms with E-state index in [2.05, 4.69) is 10.0 Å². The fraction of sp³-hybridized carbons (Fsp3) is 1.00. The topological polar surface area (TPSA) is 58.2 Å². The maximum atomic E-state index is 11.7. The van der Waals surface area contributed by atoms with Gasteiger partial charge in [0.15, 0.2) is 0 Å². The van der Waals surface area contributed by atoms with E-state index in [1.807, 2.05) is 27.8 Å². The number of rotatable bonds is 8. The first-order valence-electron chi connectivity index (χ1n) is 5.55. The highest BCUT2D eigenvalue weighted by Gasteiger charge is 2.25. The summed E-state index contributed by atoms with van der Waals surface area (Å²) in [5, 5.41) is 2.94. The van der Waals surface area contributed by atoms with E-state index in [1.165, 1.54) is 0 Å². The quantitative estimate of drug-likeness (QED) is 0.620. The molecular weight excluding hydrogens is 212 g/mol. The van der Waals surface area contributed by atoms with Gasteiger partial charge in [-0.05, 0) is 39.8 Å². The summed E-state index contributed by atoms with van der Waals surface area (Å²) in [4.78, 5) is 0. The van der Waals surface area contributed by atoms with Crippen molar-refractivity contribution in [2.75, 3.05) is 19.3 Å². The molecule has 0 rings (SSSR count). The largest absolute Gasteiger partial charge is 0.320 e. The van der Waals surface area contributed by atoms with E-state index in [4.69, 9.17) is 0 Å². The lowest BCUT2D eigenvalue weighted by Gasteiger charge is -2.27. The molecule has 0 amide bonds. The molecule has 0 fully saturated rings. The summed E-state index contributed by atoms with van der Waals surface area (Å²) in [5.41, 5.74) is -0.293. The van der Waals surface area contributed by atoms with Gasteiger partial charge in [0.1, 0.15) is 0 Å². The predicted octanol–water partition coefficient (Wildman–Crippen LogP) is 1.09. The average molecular weight is 236 g/mol. The van der Waals surface area contributed by atoms with E-state index in [0.29, 0.717) is 6.42 Å². The van der Waals surface area contributed by atoms with Crippen LogP contribution in [0.2, 0.25) is 0 Å². The number of nitrogens with one attached hydrogen (secondary N) is 2. The summed E-state index contributed by atoms with van der Waals surface area (Å²) in [5.74, 6) is 0.198. The molecular formula is C10H24N2O2S. The van der Waals surface area contributed by atoms with Crippen molar-refractivity contribution in [1.82, 2.24) is 10.0 Å². The monoisotopic (exact) mass is 236 g/mol. The zero-order valence-corrected chi connectivity index (χ0v) is 11.1. The van der Waals surface area contributed by atoms with Gasteiger partial charge >= 0.3 is 0 Å². The Bertz CT molecular complexity index is 259. The van der Waals surface area contributed by atoms with Crippen LogP contribution in [0.25, 0.3) is 0 Å². The van der Waals surface area contributed by atoms with E-state index in [9.17, 15) is 8.42 Å². The number of hydrogen-bond donors (Lipinski definition) is 2. The van der Waals surface area contributed by atoms with Gasteiger partial charge in [0.25, 0.3) is 0 Å². The second kappa shape index (κ2) is 6.45. The molecule has 0 spiro atoms.